The number of rotatable bonds is 6. The largest absolute Gasteiger partial charge is 0.504 e. The van der Waals surface area contributed by atoms with E-state index >= 15 is 0 Å². The summed E-state index contributed by atoms with van der Waals surface area (Å²) in [7, 11) is 0. The second-order valence-electron chi connectivity index (χ2n) is 6.02. The molecule has 0 unspecified atom stereocenters. The molecule has 0 aliphatic carbocycles. The van der Waals surface area contributed by atoms with E-state index in [2.05, 4.69) is 31.0 Å². The van der Waals surface area contributed by atoms with Crippen molar-refractivity contribution < 1.29 is 30.0 Å². The molecule has 0 saturated carbocycles. The third-order valence-corrected chi connectivity index (χ3v) is 3.84. The van der Waals surface area contributed by atoms with Gasteiger partial charge in [0.2, 0.25) is 0 Å². The molecule has 12 heteroatoms. The molecule has 3 rings (SSSR count). The maximum Gasteiger partial charge on any atom is 0.292 e. The molecule has 3 aromatic rings. The van der Waals surface area contributed by atoms with Crippen LogP contribution in [-0.4, -0.2) is 54.6 Å². The van der Waals surface area contributed by atoms with Gasteiger partial charge in [0.15, 0.2) is 28.7 Å². The average molecular weight is 424 g/mol. The minimum Gasteiger partial charge on any atom is -0.504 e. The number of imidazole rings is 1. The third-order valence-electron chi connectivity index (χ3n) is 3.84. The summed E-state index contributed by atoms with van der Waals surface area (Å²) in [6.45, 7) is 0. The molecular weight excluding hydrogens is 408 g/mol. The molecule has 1 aromatic heterocycles. The van der Waals surface area contributed by atoms with E-state index in [0.717, 1.165) is 6.33 Å². The molecule has 0 radical (unpaired) electrons. The zero-order valence-electron chi connectivity index (χ0n) is 15.6. The molecule has 0 saturated heterocycles. The van der Waals surface area contributed by atoms with Gasteiger partial charge in [-0.1, -0.05) is 0 Å². The van der Waals surface area contributed by atoms with Gasteiger partial charge in [0.05, 0.1) is 18.8 Å². The van der Waals surface area contributed by atoms with Gasteiger partial charge in [0, 0.05) is 0 Å². The zero-order valence-corrected chi connectivity index (χ0v) is 15.6. The highest BCUT2D eigenvalue weighted by Gasteiger charge is 2.19. The first-order valence-electron chi connectivity index (χ1n) is 8.59. The minimum atomic E-state index is -0.780. The maximum atomic E-state index is 12.3. The Morgan fingerprint density at radius 2 is 1.32 bits per heavy atom. The van der Waals surface area contributed by atoms with Crippen molar-refractivity contribution >= 4 is 24.2 Å². The molecule has 158 valence electrons. The summed E-state index contributed by atoms with van der Waals surface area (Å²) in [5.41, 5.74) is 4.81. The molecule has 0 aliphatic rings. The van der Waals surface area contributed by atoms with E-state index in [1.54, 1.807) is 0 Å². The lowest BCUT2D eigenvalue weighted by molar-refractivity contribution is 0.0915. The van der Waals surface area contributed by atoms with Gasteiger partial charge in [0.1, 0.15) is 5.69 Å². The first-order chi connectivity index (χ1) is 14.8. The number of benzene rings is 2. The molecule has 2 amide bonds. The van der Waals surface area contributed by atoms with Crippen LogP contribution >= 0.6 is 0 Å². The number of hydrogen-bond donors (Lipinski definition) is 7. The van der Waals surface area contributed by atoms with Gasteiger partial charge in [-0.2, -0.15) is 10.2 Å². The van der Waals surface area contributed by atoms with Crippen molar-refractivity contribution in [2.75, 3.05) is 0 Å². The first kappa shape index (κ1) is 20.9. The van der Waals surface area contributed by atoms with E-state index in [1.807, 2.05) is 0 Å². The highest BCUT2D eigenvalue weighted by molar-refractivity contribution is 6.05. The first-order valence-corrected chi connectivity index (χ1v) is 8.59. The molecule has 0 aliphatic heterocycles. The molecule has 0 atom stereocenters. The number of carbonyl (C=O) groups excluding carboxylic acids is 2. The van der Waals surface area contributed by atoms with Crippen LogP contribution in [0, 0.1) is 0 Å². The zero-order chi connectivity index (χ0) is 22.4. The number of H-pyrrole nitrogens is 1. The second-order valence-corrected chi connectivity index (χ2v) is 6.02. The molecule has 0 spiro atoms. The van der Waals surface area contributed by atoms with Crippen molar-refractivity contribution in [3.05, 3.63) is 65.2 Å². The van der Waals surface area contributed by atoms with Crippen LogP contribution in [0.1, 0.15) is 32.1 Å². The monoisotopic (exact) mass is 424 g/mol. The van der Waals surface area contributed by atoms with Crippen LogP contribution in [-0.2, 0) is 0 Å². The fourth-order valence-corrected chi connectivity index (χ4v) is 2.32. The number of phenolic OH excluding ortho intramolecular Hbond substituents is 4. The number of aromatic hydroxyl groups is 4. The van der Waals surface area contributed by atoms with Gasteiger partial charge in [0.25, 0.3) is 11.8 Å². The number of aromatic amines is 1. The SMILES string of the molecule is O=C(N/N=C\c1ccc(O)c(O)c1)c1nc[nH]c1C(=O)N/N=C\c1ccc(O)c(O)c1. The fourth-order valence-electron chi connectivity index (χ4n) is 2.32. The third kappa shape index (κ3) is 5.14. The molecule has 1 heterocycles. The smallest absolute Gasteiger partial charge is 0.292 e. The van der Waals surface area contributed by atoms with Crippen LogP contribution < -0.4 is 10.9 Å². The molecule has 31 heavy (non-hydrogen) atoms. The number of phenols is 4. The number of carbonyl (C=O) groups is 2. The lowest BCUT2D eigenvalue weighted by Gasteiger charge is -2.02. The van der Waals surface area contributed by atoms with Gasteiger partial charge < -0.3 is 25.4 Å². The average Bonchev–Trinajstić information content (AvgIpc) is 3.23. The summed E-state index contributed by atoms with van der Waals surface area (Å²) < 4.78 is 0. The van der Waals surface area contributed by atoms with E-state index < -0.39 is 11.8 Å². The van der Waals surface area contributed by atoms with Gasteiger partial charge in [-0.15, -0.1) is 0 Å². The number of nitrogens with zero attached hydrogens (tertiary/aromatic N) is 3. The molecule has 0 bridgehead atoms. The van der Waals surface area contributed by atoms with E-state index in [0.29, 0.717) is 11.1 Å². The van der Waals surface area contributed by atoms with Crippen LogP contribution in [0.5, 0.6) is 23.0 Å². The summed E-state index contributed by atoms with van der Waals surface area (Å²) >= 11 is 0. The van der Waals surface area contributed by atoms with Gasteiger partial charge in [-0.05, 0) is 47.5 Å². The number of hydrazone groups is 2. The number of aromatic nitrogens is 2. The van der Waals surface area contributed by atoms with Gasteiger partial charge >= 0.3 is 0 Å². The van der Waals surface area contributed by atoms with E-state index in [1.165, 1.54) is 48.8 Å². The van der Waals surface area contributed by atoms with Gasteiger partial charge in [-0.3, -0.25) is 9.59 Å². The molecular formula is C19H16N6O6. The summed E-state index contributed by atoms with van der Waals surface area (Å²) in [6.07, 6.45) is 3.60. The number of hydrogen-bond acceptors (Lipinski definition) is 9. The van der Waals surface area contributed by atoms with E-state index in [9.17, 15) is 30.0 Å². The van der Waals surface area contributed by atoms with Crippen LogP contribution in [0.25, 0.3) is 0 Å². The Labute approximate surface area is 174 Å². The second kappa shape index (κ2) is 9.09. The van der Waals surface area contributed by atoms with Gasteiger partial charge in [-0.25, -0.2) is 15.8 Å². The van der Waals surface area contributed by atoms with E-state index in [-0.39, 0.29) is 34.4 Å². The summed E-state index contributed by atoms with van der Waals surface area (Å²) in [5, 5.41) is 44.8. The quantitative estimate of drug-likeness (QED) is 0.172. The van der Waals surface area contributed by atoms with Crippen LogP contribution in [0.2, 0.25) is 0 Å². The molecule has 7 N–H and O–H groups in total. The number of nitrogens with one attached hydrogen (secondary N) is 3. The fraction of sp³-hybridized carbons (Fsp3) is 0. The van der Waals surface area contributed by atoms with Crippen LogP contribution in [0.4, 0.5) is 0 Å². The van der Waals surface area contributed by atoms with Crippen molar-refractivity contribution in [2.45, 2.75) is 0 Å². The summed E-state index contributed by atoms with van der Waals surface area (Å²) in [4.78, 5) is 30.8. The molecule has 12 nitrogen and oxygen atoms in total. The lowest BCUT2D eigenvalue weighted by Crippen LogP contribution is -2.25. The van der Waals surface area contributed by atoms with E-state index in [4.69, 9.17) is 0 Å². The predicted octanol–water partition coefficient (Wildman–Crippen LogP) is 0.760. The highest BCUT2D eigenvalue weighted by Crippen LogP contribution is 2.24. The lowest BCUT2D eigenvalue weighted by atomic mass is 10.2. The Morgan fingerprint density at radius 3 is 1.84 bits per heavy atom. The van der Waals surface area contributed by atoms with Crippen molar-refractivity contribution in [3.8, 4) is 23.0 Å². The number of amides is 2. The Kier molecular flexibility index (Phi) is 6.11. The normalized spacial score (nSPS) is 11.1. The van der Waals surface area contributed by atoms with Crippen LogP contribution in [0.3, 0.4) is 0 Å². The Morgan fingerprint density at radius 1 is 0.806 bits per heavy atom. The maximum absolute atomic E-state index is 12.3. The van der Waals surface area contributed by atoms with Crippen LogP contribution in [0.15, 0.2) is 52.9 Å². The standard InChI is InChI=1S/C19H16N6O6/c26-12-3-1-10(5-14(12)28)7-22-24-18(30)16-17(21-9-20-16)19(31)25-23-8-11-2-4-13(27)15(29)6-11/h1-9,26-29H,(H,20,21)(H,24,30)(H,25,31)/b22-7-,23-8-. The Balaban J connectivity index is 1.62. The van der Waals surface area contributed by atoms with Crippen molar-refractivity contribution in [1.29, 1.82) is 0 Å². The van der Waals surface area contributed by atoms with Crippen molar-refractivity contribution in [1.82, 2.24) is 20.8 Å². The topological polar surface area (TPSA) is 193 Å². The Hall–Kier alpha value is -4.87. The Bertz CT molecular complexity index is 1100. The molecule has 2 aromatic carbocycles. The minimum absolute atomic E-state index is 0.166. The predicted molar refractivity (Wildman–Crippen MR) is 108 cm³/mol. The van der Waals surface area contributed by atoms with Crippen molar-refractivity contribution in [3.63, 3.8) is 0 Å². The highest BCUT2D eigenvalue weighted by atomic mass is 16.3. The van der Waals surface area contributed by atoms with Crippen molar-refractivity contribution in [2.24, 2.45) is 10.2 Å². The summed E-state index contributed by atoms with van der Waals surface area (Å²) in [5.74, 6) is -2.81. The summed E-state index contributed by atoms with van der Waals surface area (Å²) in [6, 6.07) is 7.93. The molecule has 0 fully saturated rings.